The van der Waals surface area contributed by atoms with Gasteiger partial charge in [0.2, 0.25) is 0 Å². The second kappa shape index (κ2) is 8.11. The van der Waals surface area contributed by atoms with Gasteiger partial charge in [-0.2, -0.15) is 0 Å². The van der Waals surface area contributed by atoms with E-state index in [0.717, 1.165) is 5.56 Å². The van der Waals surface area contributed by atoms with Crippen molar-refractivity contribution < 1.29 is 9.53 Å². The zero-order valence-electron chi connectivity index (χ0n) is 15.0. The van der Waals surface area contributed by atoms with E-state index < -0.39 is 5.60 Å². The monoisotopic (exact) mass is 325 g/mol. The molecule has 3 nitrogen and oxygen atoms in total. The van der Waals surface area contributed by atoms with Crippen molar-refractivity contribution in [3.63, 3.8) is 0 Å². The van der Waals surface area contributed by atoms with Crippen LogP contribution in [0.1, 0.15) is 31.9 Å². The summed E-state index contributed by atoms with van der Waals surface area (Å²) in [4.78, 5) is 14.8. The molecule has 0 aliphatic rings. The summed E-state index contributed by atoms with van der Waals surface area (Å²) in [5, 5.41) is 0. The fourth-order valence-electron chi connectivity index (χ4n) is 2.61. The van der Waals surface area contributed by atoms with Crippen LogP contribution in [0.4, 0.5) is 0 Å². The van der Waals surface area contributed by atoms with Gasteiger partial charge >= 0.3 is 5.97 Å². The molecule has 0 heterocycles. The molecule has 24 heavy (non-hydrogen) atoms. The van der Waals surface area contributed by atoms with E-state index in [1.54, 1.807) is 0 Å². The Morgan fingerprint density at radius 1 is 0.958 bits per heavy atom. The van der Waals surface area contributed by atoms with Crippen molar-refractivity contribution in [2.75, 3.05) is 7.05 Å². The molecule has 0 spiro atoms. The van der Waals surface area contributed by atoms with Gasteiger partial charge < -0.3 is 4.74 Å². The molecule has 0 fully saturated rings. The van der Waals surface area contributed by atoms with Crippen LogP contribution in [0.15, 0.2) is 60.7 Å². The van der Waals surface area contributed by atoms with Gasteiger partial charge in [-0.3, -0.25) is 9.69 Å². The van der Waals surface area contributed by atoms with Crippen molar-refractivity contribution in [1.29, 1.82) is 0 Å². The predicted octanol–water partition coefficient (Wildman–Crippen LogP) is 4.07. The highest BCUT2D eigenvalue weighted by molar-refractivity contribution is 5.76. The topological polar surface area (TPSA) is 29.5 Å². The summed E-state index contributed by atoms with van der Waals surface area (Å²) >= 11 is 0. The third-order valence-electron chi connectivity index (χ3n) is 3.76. The minimum atomic E-state index is -0.486. The predicted molar refractivity (Wildman–Crippen MR) is 97.7 cm³/mol. The van der Waals surface area contributed by atoms with Gasteiger partial charge in [0.1, 0.15) is 11.6 Å². The molecular weight excluding hydrogens is 298 g/mol. The molecule has 0 bridgehead atoms. The van der Waals surface area contributed by atoms with Crippen LogP contribution in [0, 0.1) is 0 Å². The molecule has 2 aromatic rings. The third-order valence-corrected chi connectivity index (χ3v) is 3.76. The molecule has 0 aromatic heterocycles. The minimum Gasteiger partial charge on any atom is -0.459 e. The number of nitrogens with zero attached hydrogens (tertiary/aromatic N) is 1. The van der Waals surface area contributed by atoms with Crippen molar-refractivity contribution in [2.45, 2.75) is 45.4 Å². The van der Waals surface area contributed by atoms with Crippen molar-refractivity contribution in [3.8, 4) is 0 Å². The summed E-state index contributed by atoms with van der Waals surface area (Å²) in [5.74, 6) is -0.176. The number of benzene rings is 2. The van der Waals surface area contributed by atoms with Gasteiger partial charge in [0.15, 0.2) is 0 Å². The Morgan fingerprint density at radius 3 is 1.96 bits per heavy atom. The number of ether oxygens (including phenoxy) is 1. The second-order valence-corrected chi connectivity index (χ2v) is 7.14. The number of likely N-dealkylation sites (N-methyl/N-ethyl adjacent to an activating group) is 1. The van der Waals surface area contributed by atoms with E-state index in [4.69, 9.17) is 4.74 Å². The third kappa shape index (κ3) is 5.82. The molecule has 2 aromatic carbocycles. The molecule has 3 heteroatoms. The van der Waals surface area contributed by atoms with E-state index >= 15 is 0 Å². The Labute approximate surface area is 145 Å². The van der Waals surface area contributed by atoms with Crippen LogP contribution in [-0.4, -0.2) is 29.6 Å². The quantitative estimate of drug-likeness (QED) is 0.750. The first kappa shape index (κ1) is 18.2. The number of hydrogen-bond acceptors (Lipinski definition) is 3. The smallest absolute Gasteiger partial charge is 0.324 e. The highest BCUT2D eigenvalue weighted by Gasteiger charge is 2.28. The number of carbonyl (C=O) groups is 1. The van der Waals surface area contributed by atoms with Gasteiger partial charge in [0.05, 0.1) is 0 Å². The summed E-state index contributed by atoms with van der Waals surface area (Å²) in [6, 6.07) is 20.0. The fraction of sp³-hybridized carbons (Fsp3) is 0.381. The van der Waals surface area contributed by atoms with Crippen molar-refractivity contribution >= 4 is 5.97 Å². The minimum absolute atomic E-state index is 0.176. The lowest BCUT2D eigenvalue weighted by molar-refractivity contribution is -0.161. The lowest BCUT2D eigenvalue weighted by Gasteiger charge is -2.30. The van der Waals surface area contributed by atoms with Crippen LogP contribution in [0.25, 0.3) is 0 Å². The molecular formula is C21H27NO2. The van der Waals surface area contributed by atoms with Gasteiger partial charge in [-0.05, 0) is 45.4 Å². The summed E-state index contributed by atoms with van der Waals surface area (Å²) in [6.07, 6.45) is 0.638. The molecule has 0 saturated heterocycles. The van der Waals surface area contributed by atoms with Crippen LogP contribution in [0.5, 0.6) is 0 Å². The van der Waals surface area contributed by atoms with Crippen LogP contribution >= 0.6 is 0 Å². The van der Waals surface area contributed by atoms with E-state index in [0.29, 0.717) is 13.0 Å². The first-order valence-electron chi connectivity index (χ1n) is 8.36. The Hall–Kier alpha value is -2.13. The Morgan fingerprint density at radius 2 is 1.46 bits per heavy atom. The van der Waals surface area contributed by atoms with Crippen molar-refractivity contribution in [3.05, 3.63) is 71.8 Å². The van der Waals surface area contributed by atoms with E-state index in [1.165, 1.54) is 5.56 Å². The Kier molecular flexibility index (Phi) is 6.16. The maximum Gasteiger partial charge on any atom is 0.324 e. The number of esters is 1. The Balaban J connectivity index is 2.16. The lowest BCUT2D eigenvalue weighted by atomic mass is 10.0. The zero-order chi connectivity index (χ0) is 17.6. The molecule has 0 N–H and O–H groups in total. The molecule has 1 atom stereocenters. The van der Waals surface area contributed by atoms with Gasteiger partial charge in [0, 0.05) is 6.54 Å². The van der Waals surface area contributed by atoms with Crippen LogP contribution in [-0.2, 0) is 22.5 Å². The van der Waals surface area contributed by atoms with E-state index in [2.05, 4.69) is 17.0 Å². The van der Waals surface area contributed by atoms with Gasteiger partial charge in [-0.1, -0.05) is 60.7 Å². The average Bonchev–Trinajstić information content (AvgIpc) is 2.52. The average molecular weight is 325 g/mol. The maximum atomic E-state index is 12.7. The van der Waals surface area contributed by atoms with E-state index in [1.807, 2.05) is 76.3 Å². The maximum absolute atomic E-state index is 12.7. The first-order valence-corrected chi connectivity index (χ1v) is 8.36. The van der Waals surface area contributed by atoms with Crippen LogP contribution in [0.2, 0.25) is 0 Å². The number of hydrogen-bond donors (Lipinski definition) is 0. The number of carbonyl (C=O) groups excluding carboxylic acids is 1. The van der Waals surface area contributed by atoms with Gasteiger partial charge in [-0.15, -0.1) is 0 Å². The summed E-state index contributed by atoms with van der Waals surface area (Å²) in [7, 11) is 1.98. The van der Waals surface area contributed by atoms with Crippen molar-refractivity contribution in [1.82, 2.24) is 4.90 Å². The van der Waals surface area contributed by atoms with Gasteiger partial charge in [0.25, 0.3) is 0 Å². The summed E-state index contributed by atoms with van der Waals surface area (Å²) in [6.45, 7) is 6.42. The van der Waals surface area contributed by atoms with Crippen molar-refractivity contribution in [2.24, 2.45) is 0 Å². The first-order chi connectivity index (χ1) is 11.3. The lowest BCUT2D eigenvalue weighted by Crippen LogP contribution is -2.43. The van der Waals surface area contributed by atoms with Crippen LogP contribution in [0.3, 0.4) is 0 Å². The highest BCUT2D eigenvalue weighted by Crippen LogP contribution is 2.16. The molecule has 0 unspecified atom stereocenters. The molecule has 128 valence electrons. The molecule has 0 amide bonds. The molecule has 0 aliphatic heterocycles. The summed E-state index contributed by atoms with van der Waals surface area (Å²) in [5.41, 5.74) is 1.83. The SMILES string of the molecule is CN(Cc1ccccc1)[C@@H](Cc1ccccc1)C(=O)OC(C)(C)C. The second-order valence-electron chi connectivity index (χ2n) is 7.14. The normalized spacial score (nSPS) is 12.9. The van der Waals surface area contributed by atoms with Crippen LogP contribution < -0.4 is 0 Å². The standard InChI is InChI=1S/C21H27NO2/c1-21(2,3)24-20(23)19(15-17-11-7-5-8-12-17)22(4)16-18-13-9-6-10-14-18/h5-14,19H,15-16H2,1-4H3/t19-/m0/s1. The van der Waals surface area contributed by atoms with Gasteiger partial charge in [-0.25, -0.2) is 0 Å². The number of rotatable bonds is 6. The Bertz CT molecular complexity index is 632. The fourth-order valence-corrected chi connectivity index (χ4v) is 2.61. The van der Waals surface area contributed by atoms with E-state index in [-0.39, 0.29) is 12.0 Å². The highest BCUT2D eigenvalue weighted by atomic mass is 16.6. The largest absolute Gasteiger partial charge is 0.459 e. The summed E-state index contributed by atoms with van der Waals surface area (Å²) < 4.78 is 5.65. The molecule has 0 radical (unpaired) electrons. The van der Waals surface area contributed by atoms with E-state index in [9.17, 15) is 4.79 Å². The molecule has 0 saturated carbocycles. The molecule has 0 aliphatic carbocycles. The zero-order valence-corrected chi connectivity index (χ0v) is 15.0. The molecule has 2 rings (SSSR count).